The van der Waals surface area contributed by atoms with Crippen LogP contribution in [0.5, 0.6) is 0 Å². The lowest BCUT2D eigenvalue weighted by Gasteiger charge is -2.32. The molecule has 2 atom stereocenters. The minimum absolute atomic E-state index is 0.0980. The molecule has 0 saturated carbocycles. The van der Waals surface area contributed by atoms with Crippen molar-refractivity contribution in [2.75, 3.05) is 0 Å². The van der Waals surface area contributed by atoms with Crippen molar-refractivity contribution in [1.29, 1.82) is 0 Å². The van der Waals surface area contributed by atoms with E-state index in [9.17, 15) is 0 Å². The summed E-state index contributed by atoms with van der Waals surface area (Å²) in [6.45, 7) is 0. The van der Waals surface area contributed by atoms with Gasteiger partial charge in [0.25, 0.3) is 0 Å². The molecule has 0 aliphatic carbocycles. The molecule has 4 nitrogen and oxygen atoms in total. The second-order valence-electron chi connectivity index (χ2n) is 14.7. The first kappa shape index (κ1) is 32.7. The first-order valence-corrected chi connectivity index (χ1v) is 21.0. The summed E-state index contributed by atoms with van der Waals surface area (Å²) in [5.41, 5.74) is 9.58. The topological polar surface area (TPSA) is 41.4 Å². The van der Waals surface area contributed by atoms with Gasteiger partial charge in [-0.25, -0.2) is 4.99 Å². The molecule has 8 aromatic carbocycles. The van der Waals surface area contributed by atoms with Crippen LogP contribution in [0.3, 0.4) is 0 Å². The van der Waals surface area contributed by atoms with E-state index in [1.165, 1.54) is 84.5 Å². The third-order valence-corrected chi connectivity index (χ3v) is 13.8. The molecule has 57 heavy (non-hydrogen) atoms. The van der Waals surface area contributed by atoms with Gasteiger partial charge in [0.1, 0.15) is 18.2 Å². The lowest BCUT2D eigenvalue weighted by Crippen LogP contribution is -2.45. The van der Waals surface area contributed by atoms with Gasteiger partial charge >= 0.3 is 0 Å². The molecule has 0 amide bonds. The largest absolute Gasteiger partial charge is 0.350 e. The fourth-order valence-electron chi connectivity index (χ4n) is 8.93. The highest BCUT2D eigenvalue weighted by Crippen LogP contribution is 2.45. The van der Waals surface area contributed by atoms with Crippen LogP contribution in [-0.2, 0) is 0 Å². The van der Waals surface area contributed by atoms with Crippen LogP contribution in [0.25, 0.3) is 79.0 Å². The molecule has 12 rings (SSSR count). The number of amidine groups is 1. The molecule has 0 bridgehead atoms. The van der Waals surface area contributed by atoms with Crippen molar-refractivity contribution in [3.63, 3.8) is 0 Å². The van der Waals surface area contributed by atoms with Gasteiger partial charge < -0.3 is 9.88 Å². The van der Waals surface area contributed by atoms with E-state index < -0.39 is 0 Å². The molecule has 0 spiro atoms. The number of benzene rings is 8. The number of fused-ring (bicyclic) bond motifs is 9. The molecule has 4 heterocycles. The number of thiophene rings is 2. The van der Waals surface area contributed by atoms with Gasteiger partial charge in [-0.3, -0.25) is 5.32 Å². The van der Waals surface area contributed by atoms with E-state index in [-0.39, 0.29) is 12.3 Å². The highest BCUT2D eigenvalue weighted by atomic mass is 32.1. The van der Waals surface area contributed by atoms with Crippen LogP contribution in [0.1, 0.15) is 29.0 Å². The van der Waals surface area contributed by atoms with Crippen LogP contribution in [0.4, 0.5) is 0 Å². The Labute approximate surface area is 337 Å². The predicted octanol–water partition coefficient (Wildman–Crippen LogP) is 13.5. The van der Waals surface area contributed by atoms with E-state index in [0.29, 0.717) is 0 Å². The predicted molar refractivity (Wildman–Crippen MR) is 243 cm³/mol. The van der Waals surface area contributed by atoms with Crippen molar-refractivity contribution in [2.45, 2.75) is 12.3 Å². The highest BCUT2D eigenvalue weighted by Gasteiger charge is 2.27. The second kappa shape index (κ2) is 13.0. The van der Waals surface area contributed by atoms with E-state index >= 15 is 0 Å². The van der Waals surface area contributed by atoms with Crippen molar-refractivity contribution in [2.24, 2.45) is 4.99 Å². The van der Waals surface area contributed by atoms with Gasteiger partial charge in [0.05, 0.1) is 16.7 Å². The zero-order chi connectivity index (χ0) is 37.5. The second-order valence-corrected chi connectivity index (χ2v) is 16.9. The van der Waals surface area contributed by atoms with Crippen LogP contribution in [0.2, 0.25) is 0 Å². The Hall–Kier alpha value is -6.57. The standard InChI is InChI=1S/C51H34N4S2/c1-3-14-31(15-4-1)49-52-50(32-16-5-2-6-17-32)54-51(53-49)38-22-12-26-44-46(38)37-21-11-20-34(48(37)57-44)33-28-29-43-39(30-33)47-42(25-13-27-45(47)56-43)55-40-23-9-7-18-35(40)36-19-8-10-24-41(36)55/h1-30,49-50,52H,(H,53,54). The molecule has 1 aliphatic rings. The molecule has 1 aliphatic heterocycles. The molecule has 11 aromatic rings. The molecule has 2 unspecified atom stereocenters. The quantitative estimate of drug-likeness (QED) is 0.183. The number of para-hydroxylation sites is 2. The molecule has 0 saturated heterocycles. The Bertz CT molecular complexity index is 3320. The van der Waals surface area contributed by atoms with Crippen molar-refractivity contribution < 1.29 is 0 Å². The molecular formula is C51H34N4S2. The van der Waals surface area contributed by atoms with Gasteiger partial charge in [0.15, 0.2) is 0 Å². The van der Waals surface area contributed by atoms with Gasteiger partial charge in [0, 0.05) is 56.7 Å². The van der Waals surface area contributed by atoms with Crippen LogP contribution in [0, 0.1) is 0 Å². The van der Waals surface area contributed by atoms with E-state index in [0.717, 1.165) is 17.0 Å². The number of nitrogens with one attached hydrogen (secondary N) is 2. The third-order valence-electron chi connectivity index (χ3n) is 11.5. The highest BCUT2D eigenvalue weighted by molar-refractivity contribution is 7.26. The number of aromatic nitrogens is 1. The van der Waals surface area contributed by atoms with Crippen LogP contribution >= 0.6 is 22.7 Å². The van der Waals surface area contributed by atoms with Gasteiger partial charge in [-0.1, -0.05) is 140 Å². The number of hydrogen-bond donors (Lipinski definition) is 2. The first-order chi connectivity index (χ1) is 28.3. The SMILES string of the molecule is c1ccc(C2N=C(c3cccc4sc5c(-c6ccc7sc8cccc(-n9c%10ccccc%10c%10ccccc%109)c8c7c6)cccc5c34)NC(c3ccccc3)N2)cc1. The molecule has 0 fully saturated rings. The van der Waals surface area contributed by atoms with E-state index in [2.05, 4.69) is 197 Å². The van der Waals surface area contributed by atoms with Gasteiger partial charge in [-0.2, -0.15) is 0 Å². The lowest BCUT2D eigenvalue weighted by molar-refractivity contribution is 0.409. The van der Waals surface area contributed by atoms with Crippen LogP contribution < -0.4 is 10.6 Å². The maximum atomic E-state index is 5.34. The average molecular weight is 767 g/mol. The van der Waals surface area contributed by atoms with Crippen molar-refractivity contribution >= 4 is 90.7 Å². The summed E-state index contributed by atoms with van der Waals surface area (Å²) in [5, 5.41) is 15.2. The summed E-state index contributed by atoms with van der Waals surface area (Å²) in [7, 11) is 0. The molecule has 0 radical (unpaired) electrons. The maximum absolute atomic E-state index is 5.34. The Morgan fingerprint density at radius 3 is 1.88 bits per heavy atom. The molecule has 270 valence electrons. The maximum Gasteiger partial charge on any atom is 0.132 e. The normalized spacial score (nSPS) is 15.9. The van der Waals surface area contributed by atoms with E-state index in [1.807, 2.05) is 22.7 Å². The van der Waals surface area contributed by atoms with Gasteiger partial charge in [-0.15, -0.1) is 22.7 Å². The zero-order valence-electron chi connectivity index (χ0n) is 30.7. The van der Waals surface area contributed by atoms with Crippen LogP contribution in [0.15, 0.2) is 187 Å². The van der Waals surface area contributed by atoms with Crippen molar-refractivity contribution in [3.8, 4) is 16.8 Å². The Kier molecular flexibility index (Phi) is 7.45. The fraction of sp³-hybridized carbons (Fsp3) is 0.0392. The lowest BCUT2D eigenvalue weighted by atomic mass is 9.98. The van der Waals surface area contributed by atoms with E-state index in [1.54, 1.807) is 0 Å². The van der Waals surface area contributed by atoms with Crippen molar-refractivity contribution in [1.82, 2.24) is 15.2 Å². The number of nitrogens with zero attached hydrogens (tertiary/aromatic N) is 2. The Balaban J connectivity index is 1.03. The number of hydrogen-bond acceptors (Lipinski definition) is 5. The summed E-state index contributed by atoms with van der Waals surface area (Å²) in [4.78, 5) is 5.34. The average Bonchev–Trinajstić information content (AvgIpc) is 3.96. The summed E-state index contributed by atoms with van der Waals surface area (Å²) in [6, 6.07) is 66.0. The number of aliphatic imine (C=N–C) groups is 1. The van der Waals surface area contributed by atoms with Crippen LogP contribution in [-0.4, -0.2) is 10.4 Å². The minimum atomic E-state index is -0.192. The molecular weight excluding hydrogens is 733 g/mol. The summed E-state index contributed by atoms with van der Waals surface area (Å²) < 4.78 is 7.59. The monoisotopic (exact) mass is 766 g/mol. The molecule has 3 aromatic heterocycles. The van der Waals surface area contributed by atoms with E-state index in [4.69, 9.17) is 4.99 Å². The molecule has 2 N–H and O–H groups in total. The fourth-order valence-corrected chi connectivity index (χ4v) is 11.3. The Morgan fingerprint density at radius 1 is 0.474 bits per heavy atom. The van der Waals surface area contributed by atoms with Gasteiger partial charge in [-0.05, 0) is 64.7 Å². The van der Waals surface area contributed by atoms with Gasteiger partial charge in [0.2, 0.25) is 0 Å². The zero-order valence-corrected chi connectivity index (χ0v) is 32.3. The molecule has 6 heteroatoms. The summed E-state index contributed by atoms with van der Waals surface area (Å²) in [5.74, 6) is 0.899. The number of rotatable bonds is 5. The summed E-state index contributed by atoms with van der Waals surface area (Å²) >= 11 is 3.74. The third kappa shape index (κ3) is 5.19. The smallest absolute Gasteiger partial charge is 0.132 e. The first-order valence-electron chi connectivity index (χ1n) is 19.4. The minimum Gasteiger partial charge on any atom is -0.350 e. The summed E-state index contributed by atoms with van der Waals surface area (Å²) in [6.07, 6.45) is -0.290. The van der Waals surface area contributed by atoms with Crippen molar-refractivity contribution in [3.05, 3.63) is 199 Å². The Morgan fingerprint density at radius 2 is 1.11 bits per heavy atom.